The number of ether oxygens (including phenoxy) is 4. The zero-order valence-electron chi connectivity index (χ0n) is 44.8. The van der Waals surface area contributed by atoms with Gasteiger partial charge >= 0.3 is 18.3 Å². The molecule has 80 heavy (non-hydrogen) atoms. The van der Waals surface area contributed by atoms with Gasteiger partial charge in [-0.1, -0.05) is 212 Å². The van der Waals surface area contributed by atoms with E-state index in [-0.39, 0.29) is 44.6 Å². The van der Waals surface area contributed by atoms with Crippen LogP contribution in [0.15, 0.2) is 237 Å². The van der Waals surface area contributed by atoms with Gasteiger partial charge in [-0.15, -0.1) is 0 Å². The van der Waals surface area contributed by atoms with E-state index in [2.05, 4.69) is 48.0 Å². The Morgan fingerprint density at radius 1 is 0.450 bits per heavy atom. The summed E-state index contributed by atoms with van der Waals surface area (Å²) in [7, 11) is 1.56. The number of aromatic amines is 2. The highest BCUT2D eigenvalue weighted by Gasteiger charge is 2.19. The van der Waals surface area contributed by atoms with E-state index in [1.807, 2.05) is 200 Å². The molecule has 2 aromatic heterocycles. The molecule has 7 aromatic carbocycles. The van der Waals surface area contributed by atoms with Crippen LogP contribution in [0.1, 0.15) is 62.7 Å². The van der Waals surface area contributed by atoms with Crippen molar-refractivity contribution >= 4 is 18.3 Å². The Morgan fingerprint density at radius 2 is 0.787 bits per heavy atom. The number of rotatable bonds is 21. The van der Waals surface area contributed by atoms with Crippen molar-refractivity contribution in [3.8, 4) is 0 Å². The fourth-order valence-corrected chi connectivity index (χ4v) is 7.79. The van der Waals surface area contributed by atoms with Crippen LogP contribution in [0.25, 0.3) is 0 Å². The number of amides is 3. The SMILES string of the molecule is CO[C@@H](Cc1ccccc1)NC(=O)OCc1ccccc1.N[C@H](Cc1ccccc1)c1ncc[nH]1.O=C(N[C@@H](CO)Cc1ccccc1)OCc1ccccc1.O=C(N[C@H](Cc1ccccc1)c1ncc[nH]1)OCc1ccccc1. The summed E-state index contributed by atoms with van der Waals surface area (Å²) in [6.45, 7) is 0.572. The maximum absolute atomic E-state index is 12.1. The molecule has 9 aromatic rings. The zero-order chi connectivity index (χ0) is 56.2. The Kier molecular flexibility index (Phi) is 26.3. The standard InChI is InChI=1S/C19H19N3O2.2C17H19NO3.C11H13N3/c23-19(24-14-16-9-5-2-6-10-16)22-17(18-20-11-12-21-18)13-15-7-3-1-4-8-15;1-20-16(12-14-8-4-2-5-9-14)18-17(19)21-13-15-10-6-3-7-11-15;19-12-16(11-14-7-3-1-4-8-14)18-17(20)21-13-15-9-5-2-6-10-15;12-10(11-13-6-7-14-11)8-9-4-2-1-3-5-9/h1-12,17H,13-14H2,(H,20,21)(H,22,23);2-11,16H,12-13H2,1H3,(H,18,19);1-10,16,19H,11-13H2,(H,18,20);1-7,10H,8,12H2,(H,13,14)/t17-;2*16-;10-/m1011/s1. The highest BCUT2D eigenvalue weighted by atomic mass is 16.6. The summed E-state index contributed by atoms with van der Waals surface area (Å²) in [6.07, 6.45) is 7.66. The van der Waals surface area contributed by atoms with E-state index in [4.69, 9.17) is 24.7 Å². The summed E-state index contributed by atoms with van der Waals surface area (Å²) in [4.78, 5) is 50.1. The number of carbonyl (C=O) groups is 3. The van der Waals surface area contributed by atoms with Crippen LogP contribution in [0.2, 0.25) is 0 Å². The number of aliphatic hydroxyl groups excluding tert-OH is 1. The molecule has 4 atom stereocenters. The molecule has 0 aliphatic heterocycles. The molecule has 0 aliphatic rings. The normalized spacial score (nSPS) is 11.8. The van der Waals surface area contributed by atoms with Crippen molar-refractivity contribution in [2.45, 2.75) is 69.9 Å². The van der Waals surface area contributed by atoms with Crippen molar-refractivity contribution in [1.82, 2.24) is 35.9 Å². The summed E-state index contributed by atoms with van der Waals surface area (Å²) in [6, 6.07) is 67.6. The topological polar surface area (TPSA) is 228 Å². The minimum Gasteiger partial charge on any atom is -0.445 e. The van der Waals surface area contributed by atoms with Gasteiger partial charge in [-0.2, -0.15) is 0 Å². The average molecular weight is 1080 g/mol. The molecule has 414 valence electrons. The number of hydrogen-bond donors (Lipinski definition) is 7. The summed E-state index contributed by atoms with van der Waals surface area (Å²) in [5.74, 6) is 1.55. The van der Waals surface area contributed by atoms with Crippen LogP contribution < -0.4 is 21.7 Å². The Morgan fingerprint density at radius 3 is 1.16 bits per heavy atom. The molecular weight excluding hydrogens is 1010 g/mol. The van der Waals surface area contributed by atoms with Gasteiger partial charge in [0.05, 0.1) is 24.7 Å². The molecule has 0 unspecified atom stereocenters. The second kappa shape index (κ2) is 35.1. The first-order valence-corrected chi connectivity index (χ1v) is 26.2. The van der Waals surface area contributed by atoms with Gasteiger partial charge in [-0.05, 0) is 51.8 Å². The smallest absolute Gasteiger partial charge is 0.409 e. The van der Waals surface area contributed by atoms with Gasteiger partial charge in [0, 0.05) is 44.7 Å². The van der Waals surface area contributed by atoms with E-state index < -0.39 is 24.5 Å². The lowest BCUT2D eigenvalue weighted by Gasteiger charge is -2.17. The van der Waals surface area contributed by atoms with Crippen LogP contribution >= 0.6 is 0 Å². The molecular formula is C64H70N8O8. The number of aromatic nitrogens is 4. The van der Waals surface area contributed by atoms with Crippen LogP contribution in [-0.2, 0) is 64.5 Å². The van der Waals surface area contributed by atoms with Crippen molar-refractivity contribution in [2.75, 3.05) is 13.7 Å². The molecule has 0 bridgehead atoms. The summed E-state index contributed by atoms with van der Waals surface area (Å²) in [5.41, 5.74) is 13.3. The van der Waals surface area contributed by atoms with E-state index in [9.17, 15) is 19.5 Å². The van der Waals surface area contributed by atoms with Crippen LogP contribution in [0.5, 0.6) is 0 Å². The number of imidazole rings is 2. The van der Waals surface area contributed by atoms with Gasteiger partial charge in [0.2, 0.25) is 0 Å². The lowest BCUT2D eigenvalue weighted by Crippen LogP contribution is -2.39. The molecule has 0 aliphatic carbocycles. The van der Waals surface area contributed by atoms with E-state index in [1.165, 1.54) is 5.56 Å². The Labute approximate surface area is 467 Å². The fraction of sp³-hybridized carbons (Fsp3) is 0.203. The Balaban J connectivity index is 0.000000175. The van der Waals surface area contributed by atoms with Gasteiger partial charge in [-0.25, -0.2) is 24.4 Å². The van der Waals surface area contributed by atoms with Gasteiger partial charge in [0.25, 0.3) is 0 Å². The lowest BCUT2D eigenvalue weighted by atomic mass is 10.1. The first-order chi connectivity index (χ1) is 39.2. The third-order valence-corrected chi connectivity index (χ3v) is 11.9. The van der Waals surface area contributed by atoms with Gasteiger partial charge in [0.1, 0.15) is 37.7 Å². The van der Waals surface area contributed by atoms with E-state index in [0.29, 0.717) is 25.1 Å². The monoisotopic (exact) mass is 1080 g/mol. The van der Waals surface area contributed by atoms with E-state index >= 15 is 0 Å². The second-order valence-corrected chi connectivity index (χ2v) is 18.1. The van der Waals surface area contributed by atoms with Crippen molar-refractivity contribution in [3.05, 3.63) is 288 Å². The zero-order valence-corrected chi connectivity index (χ0v) is 44.8. The predicted octanol–water partition coefficient (Wildman–Crippen LogP) is 10.9. The number of nitrogens with one attached hydrogen (secondary N) is 5. The minimum absolute atomic E-state index is 0.0487. The molecule has 9 rings (SSSR count). The number of H-pyrrole nitrogens is 2. The van der Waals surface area contributed by atoms with Gasteiger partial charge in [0.15, 0.2) is 0 Å². The Bertz CT molecular complexity index is 2920. The largest absolute Gasteiger partial charge is 0.445 e. The number of alkyl carbamates (subject to hydrolysis) is 3. The number of nitrogens with zero attached hydrogens (tertiary/aromatic N) is 2. The summed E-state index contributed by atoms with van der Waals surface area (Å²) >= 11 is 0. The van der Waals surface area contributed by atoms with Crippen LogP contribution in [0.4, 0.5) is 14.4 Å². The quantitative estimate of drug-likeness (QED) is 0.0264. The van der Waals surface area contributed by atoms with E-state index in [0.717, 1.165) is 45.6 Å². The van der Waals surface area contributed by atoms with Gasteiger partial charge in [-0.3, -0.25) is 5.32 Å². The molecule has 16 nitrogen and oxygen atoms in total. The summed E-state index contributed by atoms with van der Waals surface area (Å²) in [5, 5.41) is 17.6. The van der Waals surface area contributed by atoms with Crippen molar-refractivity contribution in [1.29, 1.82) is 0 Å². The number of aliphatic hydroxyl groups is 1. The molecule has 0 fully saturated rings. The first-order valence-electron chi connectivity index (χ1n) is 26.2. The molecule has 8 N–H and O–H groups in total. The predicted molar refractivity (Wildman–Crippen MR) is 308 cm³/mol. The van der Waals surface area contributed by atoms with E-state index in [1.54, 1.807) is 31.9 Å². The van der Waals surface area contributed by atoms with Crippen molar-refractivity contribution < 1.29 is 38.4 Å². The van der Waals surface area contributed by atoms with Crippen molar-refractivity contribution in [2.24, 2.45) is 5.73 Å². The molecule has 0 saturated heterocycles. The highest BCUT2D eigenvalue weighted by Crippen LogP contribution is 2.16. The fourth-order valence-electron chi connectivity index (χ4n) is 7.79. The number of nitrogens with two attached hydrogens (primary N) is 1. The van der Waals surface area contributed by atoms with Crippen LogP contribution in [-0.4, -0.2) is 69.3 Å². The lowest BCUT2D eigenvalue weighted by molar-refractivity contribution is 0.0600. The molecule has 0 spiro atoms. The van der Waals surface area contributed by atoms with Crippen molar-refractivity contribution in [3.63, 3.8) is 0 Å². The highest BCUT2D eigenvalue weighted by molar-refractivity contribution is 5.68. The van der Waals surface area contributed by atoms with Crippen LogP contribution in [0, 0.1) is 0 Å². The minimum atomic E-state index is -0.520. The first kappa shape index (κ1) is 59.9. The number of carbonyl (C=O) groups excluding carboxylic acids is 3. The average Bonchev–Trinajstić information content (AvgIpc) is 4.27. The third kappa shape index (κ3) is 23.5. The molecule has 0 radical (unpaired) electrons. The molecule has 16 heteroatoms. The maximum Gasteiger partial charge on any atom is 0.409 e. The molecule has 0 saturated carbocycles. The number of benzene rings is 7. The second-order valence-electron chi connectivity index (χ2n) is 18.1. The summed E-state index contributed by atoms with van der Waals surface area (Å²) < 4.78 is 20.9. The number of methoxy groups -OCH3 is 1. The molecule has 3 amide bonds. The molecule has 2 heterocycles. The van der Waals surface area contributed by atoms with Gasteiger partial charge < -0.3 is 50.4 Å². The Hall–Kier alpha value is -9.35. The third-order valence-electron chi connectivity index (χ3n) is 11.9. The number of hydrogen-bond acceptors (Lipinski definition) is 11. The van der Waals surface area contributed by atoms with Crippen LogP contribution in [0.3, 0.4) is 0 Å². The maximum atomic E-state index is 12.1.